The van der Waals surface area contributed by atoms with Gasteiger partial charge in [-0.25, -0.2) is 19.6 Å². The van der Waals surface area contributed by atoms with Gasteiger partial charge >= 0.3 is 12.2 Å². The number of hydrogen-bond donors (Lipinski definition) is 2. The van der Waals surface area contributed by atoms with Gasteiger partial charge in [-0.3, -0.25) is 9.80 Å². The van der Waals surface area contributed by atoms with E-state index in [1.54, 1.807) is 9.80 Å². The van der Waals surface area contributed by atoms with E-state index in [1.807, 2.05) is 53.7 Å². The number of likely N-dealkylation sites (tertiary alicyclic amines) is 2. The number of rotatable bonds is 6. The summed E-state index contributed by atoms with van der Waals surface area (Å²) >= 11 is 0. The molecule has 4 heterocycles. The van der Waals surface area contributed by atoms with Crippen molar-refractivity contribution in [3.8, 4) is 0 Å². The highest BCUT2D eigenvalue weighted by molar-refractivity contribution is 5.77. The Bertz CT molecular complexity index is 1630. The number of aromatic nitrogens is 4. The molecule has 2 N–H and O–H groups in total. The summed E-state index contributed by atoms with van der Waals surface area (Å²) in [5, 5.41) is 0. The molecule has 2 amide bonds. The summed E-state index contributed by atoms with van der Waals surface area (Å²) in [4.78, 5) is 45.8. The number of allylic oxidation sites excluding steroid dienone is 2. The van der Waals surface area contributed by atoms with Crippen LogP contribution in [0.15, 0.2) is 48.6 Å². The highest BCUT2D eigenvalue weighted by Crippen LogP contribution is 2.34. The van der Waals surface area contributed by atoms with Gasteiger partial charge in [0.05, 0.1) is 34.2 Å². The third-order valence-electron chi connectivity index (χ3n) is 8.40. The second kappa shape index (κ2) is 12.5. The normalized spacial score (nSPS) is 19.2. The fourth-order valence-corrected chi connectivity index (χ4v) is 6.34. The number of nitrogens with zero attached hydrogens (tertiary/aromatic N) is 4. The van der Waals surface area contributed by atoms with Gasteiger partial charge < -0.3 is 19.4 Å². The zero-order valence-electron chi connectivity index (χ0n) is 27.9. The van der Waals surface area contributed by atoms with Gasteiger partial charge in [-0.2, -0.15) is 0 Å². The lowest BCUT2D eigenvalue weighted by atomic mass is 10.1. The molecule has 10 nitrogen and oxygen atoms in total. The fraction of sp³-hybridized carbons (Fsp3) is 0.500. The lowest BCUT2D eigenvalue weighted by molar-refractivity contribution is 0.0208. The Morgan fingerprint density at radius 2 is 1.15 bits per heavy atom. The molecule has 0 bridgehead atoms. The van der Waals surface area contributed by atoms with E-state index in [4.69, 9.17) is 19.4 Å². The van der Waals surface area contributed by atoms with Crippen LogP contribution in [-0.4, -0.2) is 66.2 Å². The van der Waals surface area contributed by atoms with Crippen molar-refractivity contribution in [2.75, 3.05) is 13.1 Å². The molecular weight excluding hydrogens is 580 g/mol. The highest BCUT2D eigenvalue weighted by Gasteiger charge is 2.36. The van der Waals surface area contributed by atoms with Crippen LogP contribution in [-0.2, 0) is 22.3 Å². The Morgan fingerprint density at radius 1 is 0.739 bits per heavy atom. The van der Waals surface area contributed by atoms with Gasteiger partial charge in [0.25, 0.3) is 0 Å². The smallest absolute Gasteiger partial charge is 0.410 e. The SMILES string of the molecule is CC(C)(C)OC(=O)N1CCC[C@H]1c1nc2ccc(C/C=C/Cc3ccc4nc([C@@H]5CCCN5C(=O)OC(C)(C)C)[nH]c4c3)cc2[nH]1. The molecule has 0 saturated carbocycles. The first-order chi connectivity index (χ1) is 21.8. The maximum Gasteiger partial charge on any atom is 0.410 e. The minimum atomic E-state index is -0.530. The van der Waals surface area contributed by atoms with Crippen molar-refractivity contribution in [1.82, 2.24) is 29.7 Å². The summed E-state index contributed by atoms with van der Waals surface area (Å²) in [6, 6.07) is 12.4. The van der Waals surface area contributed by atoms with Gasteiger partial charge in [0.2, 0.25) is 0 Å². The number of amides is 2. The largest absolute Gasteiger partial charge is 0.444 e. The lowest BCUT2D eigenvalue weighted by Crippen LogP contribution is -2.36. The van der Waals surface area contributed by atoms with Crippen molar-refractivity contribution < 1.29 is 19.1 Å². The van der Waals surface area contributed by atoms with E-state index < -0.39 is 11.2 Å². The van der Waals surface area contributed by atoms with E-state index in [0.717, 1.165) is 72.2 Å². The standard InChI is InChI=1S/C36H46N6O4/c1-35(2,3)45-33(43)41-19-9-13-29(41)31-37-25-17-15-23(21-27(25)39-31)11-7-8-12-24-16-18-26-28(22-24)40-32(38-26)30-14-10-20-42(30)34(44)46-36(4,5)6/h7-8,15-18,21-22,29-30H,9-14,19-20H2,1-6H3,(H,37,39)(H,38,40)/b8-7+/t29-,30-/m0/s1. The van der Waals surface area contributed by atoms with E-state index in [2.05, 4.69) is 46.4 Å². The Labute approximate surface area is 270 Å². The van der Waals surface area contributed by atoms with Gasteiger partial charge in [0.1, 0.15) is 22.9 Å². The van der Waals surface area contributed by atoms with Crippen LogP contribution in [0.25, 0.3) is 22.1 Å². The number of nitrogens with one attached hydrogen (secondary N) is 2. The monoisotopic (exact) mass is 626 g/mol. The highest BCUT2D eigenvalue weighted by atomic mass is 16.6. The first kappa shape index (κ1) is 31.6. The fourth-order valence-electron chi connectivity index (χ4n) is 6.34. The van der Waals surface area contributed by atoms with Gasteiger partial charge in [-0.1, -0.05) is 24.3 Å². The van der Waals surface area contributed by atoms with Crippen LogP contribution >= 0.6 is 0 Å². The van der Waals surface area contributed by atoms with Crippen LogP contribution in [0.1, 0.15) is 102 Å². The zero-order valence-corrected chi connectivity index (χ0v) is 27.9. The summed E-state index contributed by atoms with van der Waals surface area (Å²) in [5.41, 5.74) is 5.07. The Balaban J connectivity index is 1.07. The third-order valence-corrected chi connectivity index (χ3v) is 8.40. The molecule has 2 fully saturated rings. The molecule has 2 aliphatic heterocycles. The topological polar surface area (TPSA) is 116 Å². The Hall–Kier alpha value is -4.34. The number of H-pyrrole nitrogens is 2. The summed E-state index contributed by atoms with van der Waals surface area (Å²) in [6.45, 7) is 12.7. The van der Waals surface area contributed by atoms with Crippen LogP contribution in [0, 0.1) is 0 Å². The number of imidazole rings is 2. The molecule has 2 atom stereocenters. The maximum atomic E-state index is 12.8. The number of carbonyl (C=O) groups excluding carboxylic acids is 2. The molecule has 0 aliphatic carbocycles. The number of benzene rings is 2. The molecule has 46 heavy (non-hydrogen) atoms. The first-order valence-electron chi connectivity index (χ1n) is 16.4. The second-order valence-corrected chi connectivity index (χ2v) is 14.5. The minimum Gasteiger partial charge on any atom is -0.444 e. The molecule has 0 radical (unpaired) electrons. The molecule has 2 aromatic heterocycles. The van der Waals surface area contributed by atoms with E-state index in [-0.39, 0.29) is 24.3 Å². The number of aromatic amines is 2. The molecule has 0 spiro atoms. The van der Waals surface area contributed by atoms with Crippen molar-refractivity contribution >= 4 is 34.3 Å². The molecule has 0 unspecified atom stereocenters. The molecule has 2 aliphatic rings. The van der Waals surface area contributed by atoms with Gasteiger partial charge in [-0.15, -0.1) is 0 Å². The van der Waals surface area contributed by atoms with E-state index >= 15 is 0 Å². The molecule has 4 aromatic rings. The number of ether oxygens (including phenoxy) is 2. The minimum absolute atomic E-state index is 0.101. The Kier molecular flexibility index (Phi) is 8.56. The van der Waals surface area contributed by atoms with Crippen molar-refractivity contribution in [2.24, 2.45) is 0 Å². The van der Waals surface area contributed by atoms with E-state index in [1.165, 1.54) is 11.1 Å². The van der Waals surface area contributed by atoms with Crippen molar-refractivity contribution in [3.05, 3.63) is 71.3 Å². The summed E-state index contributed by atoms with van der Waals surface area (Å²) in [6.07, 6.45) is 9.01. The lowest BCUT2D eigenvalue weighted by Gasteiger charge is -2.27. The van der Waals surface area contributed by atoms with Crippen LogP contribution in [0.3, 0.4) is 0 Å². The van der Waals surface area contributed by atoms with Gasteiger partial charge in [0, 0.05) is 13.1 Å². The molecule has 6 rings (SSSR count). The predicted molar refractivity (Wildman–Crippen MR) is 179 cm³/mol. The number of fused-ring (bicyclic) bond motifs is 2. The van der Waals surface area contributed by atoms with Crippen LogP contribution in [0.2, 0.25) is 0 Å². The molecular formula is C36H46N6O4. The van der Waals surface area contributed by atoms with Crippen molar-refractivity contribution in [1.29, 1.82) is 0 Å². The zero-order chi connectivity index (χ0) is 32.6. The molecule has 244 valence electrons. The average Bonchev–Trinajstić information content (AvgIpc) is 3.77. The number of hydrogen-bond acceptors (Lipinski definition) is 6. The van der Waals surface area contributed by atoms with Gasteiger partial charge in [0.15, 0.2) is 0 Å². The molecule has 10 heteroatoms. The van der Waals surface area contributed by atoms with Crippen LogP contribution in [0.5, 0.6) is 0 Å². The average molecular weight is 627 g/mol. The van der Waals surface area contributed by atoms with Crippen molar-refractivity contribution in [3.63, 3.8) is 0 Å². The number of carbonyl (C=O) groups is 2. The molecule has 2 saturated heterocycles. The second-order valence-electron chi connectivity index (χ2n) is 14.5. The third kappa shape index (κ3) is 7.21. The maximum absolute atomic E-state index is 12.8. The van der Waals surface area contributed by atoms with Crippen LogP contribution < -0.4 is 0 Å². The van der Waals surface area contributed by atoms with Gasteiger partial charge in [-0.05, 0) is 115 Å². The quantitative estimate of drug-likeness (QED) is 0.210. The molecule has 2 aromatic carbocycles. The van der Waals surface area contributed by atoms with Crippen LogP contribution in [0.4, 0.5) is 9.59 Å². The first-order valence-corrected chi connectivity index (χ1v) is 16.4. The van der Waals surface area contributed by atoms with E-state index in [0.29, 0.717) is 13.1 Å². The summed E-state index contributed by atoms with van der Waals surface area (Å²) in [7, 11) is 0. The van der Waals surface area contributed by atoms with E-state index in [9.17, 15) is 9.59 Å². The Morgan fingerprint density at radius 3 is 1.54 bits per heavy atom. The summed E-state index contributed by atoms with van der Waals surface area (Å²) < 4.78 is 11.3. The predicted octanol–water partition coefficient (Wildman–Crippen LogP) is 7.92. The summed E-state index contributed by atoms with van der Waals surface area (Å²) in [5.74, 6) is 1.63. The van der Waals surface area contributed by atoms with Crippen molar-refractivity contribution in [2.45, 2.75) is 103 Å².